The van der Waals surface area contributed by atoms with Crippen LogP contribution in [0.1, 0.15) is 53.0 Å². The zero-order valence-electron chi connectivity index (χ0n) is 13.1. The Morgan fingerprint density at radius 2 is 1.37 bits per heavy atom. The molecule has 0 aromatic heterocycles. The number of benzene rings is 1. The molecule has 0 heterocycles. The molecule has 1 aromatic rings. The third-order valence-electron chi connectivity index (χ3n) is 3.90. The van der Waals surface area contributed by atoms with Crippen LogP contribution in [0.2, 0.25) is 0 Å². The largest absolute Gasteiger partial charge is 0.508 e. The molecule has 0 aliphatic rings. The van der Waals surface area contributed by atoms with Gasteiger partial charge in [-0.3, -0.25) is 0 Å². The Morgan fingerprint density at radius 3 is 1.68 bits per heavy atom. The second kappa shape index (κ2) is 5.54. The lowest BCUT2D eigenvalue weighted by atomic mass is 9.62. The van der Waals surface area contributed by atoms with Crippen LogP contribution in [0.3, 0.4) is 0 Å². The van der Waals surface area contributed by atoms with Crippen LogP contribution in [0.15, 0.2) is 24.3 Å². The average Bonchev–Trinajstić information content (AvgIpc) is 2.24. The van der Waals surface area contributed by atoms with E-state index in [1.54, 1.807) is 12.1 Å². The van der Waals surface area contributed by atoms with Crippen LogP contribution in [0, 0.1) is 16.7 Å². The highest BCUT2D eigenvalue weighted by Gasteiger charge is 2.39. The lowest BCUT2D eigenvalue weighted by Gasteiger charge is -2.43. The van der Waals surface area contributed by atoms with E-state index in [9.17, 15) is 10.2 Å². The van der Waals surface area contributed by atoms with Crippen LogP contribution in [0.25, 0.3) is 0 Å². The number of aliphatic hydroxyl groups excluding tert-OH is 1. The zero-order valence-corrected chi connectivity index (χ0v) is 13.1. The highest BCUT2D eigenvalue weighted by Crippen LogP contribution is 2.47. The van der Waals surface area contributed by atoms with E-state index in [-0.39, 0.29) is 35.0 Å². The Kier molecular flexibility index (Phi) is 4.67. The van der Waals surface area contributed by atoms with Crippen molar-refractivity contribution in [2.45, 2.75) is 47.5 Å². The van der Waals surface area contributed by atoms with Crippen LogP contribution in [-0.2, 0) is 0 Å². The molecule has 0 saturated carbocycles. The highest BCUT2D eigenvalue weighted by atomic mass is 16.3. The summed E-state index contributed by atoms with van der Waals surface area (Å²) in [5, 5.41) is 19.3. The Balaban J connectivity index is 3.26. The molecular weight excluding hydrogens is 236 g/mol. The first-order chi connectivity index (χ1) is 8.57. The lowest BCUT2D eigenvalue weighted by molar-refractivity contribution is 0.0648. The SMILES string of the molecule is CC(C)(C)C(CO)C(c1ccc(O)cc1)C(C)(C)C. The minimum Gasteiger partial charge on any atom is -0.508 e. The topological polar surface area (TPSA) is 40.5 Å². The number of phenolic OH excluding ortho intramolecular Hbond substituents is 1. The van der Waals surface area contributed by atoms with Crippen molar-refractivity contribution >= 4 is 0 Å². The van der Waals surface area contributed by atoms with Crippen molar-refractivity contribution in [1.82, 2.24) is 0 Å². The smallest absolute Gasteiger partial charge is 0.115 e. The molecule has 0 fully saturated rings. The Morgan fingerprint density at radius 1 is 0.895 bits per heavy atom. The van der Waals surface area contributed by atoms with E-state index in [0.717, 1.165) is 0 Å². The van der Waals surface area contributed by atoms with Crippen LogP contribution in [0.4, 0.5) is 0 Å². The van der Waals surface area contributed by atoms with E-state index in [4.69, 9.17) is 0 Å². The lowest BCUT2D eigenvalue weighted by Crippen LogP contribution is -2.36. The molecule has 2 atom stereocenters. The van der Waals surface area contributed by atoms with Gasteiger partial charge >= 0.3 is 0 Å². The molecule has 0 amide bonds. The van der Waals surface area contributed by atoms with Gasteiger partial charge in [-0.25, -0.2) is 0 Å². The molecule has 0 saturated heterocycles. The molecule has 1 rings (SSSR count). The normalized spacial score (nSPS) is 16.2. The molecule has 0 bridgehead atoms. The van der Waals surface area contributed by atoms with Gasteiger partial charge in [0.2, 0.25) is 0 Å². The molecule has 2 nitrogen and oxygen atoms in total. The van der Waals surface area contributed by atoms with Crippen LogP contribution >= 0.6 is 0 Å². The molecular formula is C17H28O2. The van der Waals surface area contributed by atoms with Crippen molar-refractivity contribution < 1.29 is 10.2 Å². The predicted molar refractivity (Wildman–Crippen MR) is 80.3 cm³/mol. The first kappa shape index (κ1) is 16.0. The minimum absolute atomic E-state index is 0.0323. The van der Waals surface area contributed by atoms with Crippen LogP contribution in [0.5, 0.6) is 5.75 Å². The van der Waals surface area contributed by atoms with Crippen molar-refractivity contribution in [2.24, 2.45) is 16.7 Å². The Hall–Kier alpha value is -1.02. The number of hydrogen-bond donors (Lipinski definition) is 2. The van der Waals surface area contributed by atoms with Gasteiger partial charge in [0, 0.05) is 6.61 Å². The zero-order chi connectivity index (χ0) is 14.8. The molecule has 0 aliphatic heterocycles. The van der Waals surface area contributed by atoms with Gasteiger partial charge in [-0.2, -0.15) is 0 Å². The van der Waals surface area contributed by atoms with Gasteiger partial charge in [-0.05, 0) is 40.4 Å². The summed E-state index contributed by atoms with van der Waals surface area (Å²) in [6.45, 7) is 13.3. The summed E-state index contributed by atoms with van der Waals surface area (Å²) >= 11 is 0. The van der Waals surface area contributed by atoms with E-state index in [0.29, 0.717) is 0 Å². The number of hydrogen-bond acceptors (Lipinski definition) is 2. The van der Waals surface area contributed by atoms with Gasteiger partial charge in [-0.1, -0.05) is 53.7 Å². The van der Waals surface area contributed by atoms with E-state index in [2.05, 4.69) is 41.5 Å². The monoisotopic (exact) mass is 264 g/mol. The van der Waals surface area contributed by atoms with Crippen molar-refractivity contribution in [3.8, 4) is 5.75 Å². The number of phenols is 1. The van der Waals surface area contributed by atoms with Crippen molar-refractivity contribution in [1.29, 1.82) is 0 Å². The summed E-state index contributed by atoms with van der Waals surface area (Å²) in [5.74, 6) is 0.711. The molecule has 2 unspecified atom stereocenters. The predicted octanol–water partition coefficient (Wildman–Crippen LogP) is 4.18. The molecule has 0 aliphatic carbocycles. The molecule has 19 heavy (non-hydrogen) atoms. The molecule has 0 radical (unpaired) electrons. The maximum atomic E-state index is 9.86. The summed E-state index contributed by atoms with van der Waals surface area (Å²) in [7, 11) is 0. The molecule has 1 aromatic carbocycles. The van der Waals surface area contributed by atoms with Crippen LogP contribution in [-0.4, -0.2) is 16.8 Å². The van der Waals surface area contributed by atoms with Gasteiger partial charge in [0.05, 0.1) is 0 Å². The fourth-order valence-electron chi connectivity index (χ4n) is 2.90. The summed E-state index contributed by atoms with van der Waals surface area (Å²) in [6, 6.07) is 7.40. The van der Waals surface area contributed by atoms with Crippen molar-refractivity contribution in [2.75, 3.05) is 6.61 Å². The molecule has 108 valence electrons. The fourth-order valence-corrected chi connectivity index (χ4v) is 2.90. The average molecular weight is 264 g/mol. The van der Waals surface area contributed by atoms with Gasteiger partial charge in [0.1, 0.15) is 5.75 Å². The van der Waals surface area contributed by atoms with Gasteiger partial charge in [0.15, 0.2) is 0 Å². The Labute approximate surface area is 117 Å². The maximum Gasteiger partial charge on any atom is 0.115 e. The second-order valence-electron chi connectivity index (χ2n) is 7.59. The second-order valence-corrected chi connectivity index (χ2v) is 7.59. The minimum atomic E-state index is 0.0323. The van der Waals surface area contributed by atoms with Gasteiger partial charge in [-0.15, -0.1) is 0 Å². The Bertz CT molecular complexity index is 393. The van der Waals surface area contributed by atoms with E-state index >= 15 is 0 Å². The summed E-state index contributed by atoms with van der Waals surface area (Å²) in [6.07, 6.45) is 0. The molecule has 2 N–H and O–H groups in total. The molecule has 0 spiro atoms. The van der Waals surface area contributed by atoms with E-state index in [1.165, 1.54) is 5.56 Å². The number of rotatable bonds is 3. The van der Waals surface area contributed by atoms with Gasteiger partial charge in [0.25, 0.3) is 0 Å². The summed E-state index contributed by atoms with van der Waals surface area (Å²) < 4.78 is 0. The van der Waals surface area contributed by atoms with Gasteiger partial charge < -0.3 is 10.2 Å². The highest BCUT2D eigenvalue weighted by molar-refractivity contribution is 5.30. The fraction of sp³-hybridized carbons (Fsp3) is 0.647. The molecule has 2 heteroatoms. The summed E-state index contributed by atoms with van der Waals surface area (Å²) in [4.78, 5) is 0. The number of aromatic hydroxyl groups is 1. The summed E-state index contributed by atoms with van der Waals surface area (Å²) in [5.41, 5.74) is 1.27. The van der Waals surface area contributed by atoms with Crippen LogP contribution < -0.4 is 0 Å². The van der Waals surface area contributed by atoms with E-state index in [1.807, 2.05) is 12.1 Å². The first-order valence-electron chi connectivity index (χ1n) is 6.97. The van der Waals surface area contributed by atoms with Crippen molar-refractivity contribution in [3.63, 3.8) is 0 Å². The number of aliphatic hydroxyl groups is 1. The standard InChI is InChI=1S/C17H28O2/c1-16(2,3)14(11-18)15(17(4,5)6)12-7-9-13(19)10-8-12/h7-10,14-15,18-19H,11H2,1-6H3. The quantitative estimate of drug-likeness (QED) is 0.860. The van der Waals surface area contributed by atoms with Crippen molar-refractivity contribution in [3.05, 3.63) is 29.8 Å². The van der Waals surface area contributed by atoms with E-state index < -0.39 is 0 Å². The first-order valence-corrected chi connectivity index (χ1v) is 6.97. The third kappa shape index (κ3) is 3.97. The maximum absolute atomic E-state index is 9.86. The third-order valence-corrected chi connectivity index (χ3v) is 3.90.